The number of benzene rings is 11. The molecule has 0 aliphatic carbocycles. The van der Waals surface area contributed by atoms with Gasteiger partial charge < -0.3 is 9.47 Å². The van der Waals surface area contributed by atoms with E-state index in [1.54, 1.807) is 0 Å². The summed E-state index contributed by atoms with van der Waals surface area (Å²) in [5, 5.41) is 9.94. The van der Waals surface area contributed by atoms with Crippen molar-refractivity contribution in [3.8, 4) is 39.1 Å². The van der Waals surface area contributed by atoms with Crippen molar-refractivity contribution in [3.05, 3.63) is 243 Å². The molecule has 0 amide bonds. The van der Waals surface area contributed by atoms with Crippen LogP contribution in [0.4, 0.5) is 17.1 Å². The van der Waals surface area contributed by atoms with Gasteiger partial charge in [0, 0.05) is 33.2 Å². The zero-order chi connectivity index (χ0) is 41.0. The topological polar surface area (TPSA) is 8.17 Å². The van der Waals surface area contributed by atoms with Gasteiger partial charge in [-0.25, -0.2) is 0 Å². The smallest absolute Gasteiger partial charge is 0.0542 e. The molecule has 12 rings (SSSR count). The van der Waals surface area contributed by atoms with E-state index in [-0.39, 0.29) is 0 Å². The number of nitrogens with zero attached hydrogens (tertiary/aromatic N) is 2. The number of hydrogen-bond donors (Lipinski definition) is 0. The highest BCUT2D eigenvalue weighted by molar-refractivity contribution is 6.22. The summed E-state index contributed by atoms with van der Waals surface area (Å²) in [6.07, 6.45) is 0. The summed E-state index contributed by atoms with van der Waals surface area (Å²) in [6.45, 7) is 0. The maximum Gasteiger partial charge on any atom is 0.0542 e. The average molecular weight is 789 g/mol. The molecule has 0 aliphatic rings. The molecule has 0 aliphatic heterocycles. The predicted molar refractivity (Wildman–Crippen MR) is 264 cm³/mol. The molecule has 0 fully saturated rings. The second kappa shape index (κ2) is 14.8. The van der Waals surface area contributed by atoms with Gasteiger partial charge in [0.05, 0.1) is 16.7 Å². The van der Waals surface area contributed by atoms with Crippen molar-refractivity contribution in [1.82, 2.24) is 4.57 Å². The van der Waals surface area contributed by atoms with E-state index < -0.39 is 0 Å². The molecule has 12 aromatic rings. The van der Waals surface area contributed by atoms with Crippen LogP contribution < -0.4 is 4.90 Å². The quantitative estimate of drug-likeness (QED) is 0.146. The van der Waals surface area contributed by atoms with Crippen molar-refractivity contribution >= 4 is 71.2 Å². The van der Waals surface area contributed by atoms with E-state index in [0.717, 1.165) is 17.1 Å². The molecule has 0 radical (unpaired) electrons. The van der Waals surface area contributed by atoms with Crippen molar-refractivity contribution in [3.63, 3.8) is 0 Å². The second-order valence-electron chi connectivity index (χ2n) is 16.1. The minimum absolute atomic E-state index is 1.10. The molecule has 2 heteroatoms. The zero-order valence-electron chi connectivity index (χ0n) is 34.0. The lowest BCUT2D eigenvalue weighted by atomic mass is 9.85. The molecular weight excluding hydrogens is 749 g/mol. The lowest BCUT2D eigenvalue weighted by Gasteiger charge is -2.26. The van der Waals surface area contributed by atoms with Crippen molar-refractivity contribution in [1.29, 1.82) is 0 Å². The SMILES string of the molecule is c1ccc(-c2c3ccccc3c(-c3ccccc3)c3cc(-c4ccc(N(c5ccccc5)c5ccc6c(c5)c5ccccc5n6-c5cccc6ccccc56)cc4)ccc23)cc1. The predicted octanol–water partition coefficient (Wildman–Crippen LogP) is 16.7. The van der Waals surface area contributed by atoms with Gasteiger partial charge in [-0.3, -0.25) is 0 Å². The summed E-state index contributed by atoms with van der Waals surface area (Å²) in [4.78, 5) is 2.37. The highest BCUT2D eigenvalue weighted by Gasteiger charge is 2.20. The monoisotopic (exact) mass is 788 g/mol. The maximum atomic E-state index is 2.43. The third kappa shape index (κ3) is 5.88. The van der Waals surface area contributed by atoms with Crippen LogP contribution in [0.5, 0.6) is 0 Å². The molecule has 290 valence electrons. The summed E-state index contributed by atoms with van der Waals surface area (Å²) in [6, 6.07) is 88.4. The van der Waals surface area contributed by atoms with Crippen molar-refractivity contribution in [2.45, 2.75) is 0 Å². The third-order valence-electron chi connectivity index (χ3n) is 12.5. The molecule has 0 saturated heterocycles. The van der Waals surface area contributed by atoms with E-state index in [0.29, 0.717) is 0 Å². The molecule has 0 atom stereocenters. The average Bonchev–Trinajstić information content (AvgIpc) is 3.67. The molecule has 0 unspecified atom stereocenters. The van der Waals surface area contributed by atoms with E-state index in [2.05, 4.69) is 252 Å². The van der Waals surface area contributed by atoms with Crippen LogP contribution in [0.15, 0.2) is 243 Å². The van der Waals surface area contributed by atoms with Crippen LogP contribution in [0.25, 0.3) is 93.2 Å². The van der Waals surface area contributed by atoms with Crippen molar-refractivity contribution < 1.29 is 0 Å². The lowest BCUT2D eigenvalue weighted by Crippen LogP contribution is -2.09. The first kappa shape index (κ1) is 35.7. The fourth-order valence-corrected chi connectivity index (χ4v) is 9.78. The highest BCUT2D eigenvalue weighted by Crippen LogP contribution is 2.46. The van der Waals surface area contributed by atoms with E-state index in [1.165, 1.54) is 93.2 Å². The first-order chi connectivity index (χ1) is 30.8. The van der Waals surface area contributed by atoms with Gasteiger partial charge >= 0.3 is 0 Å². The molecule has 1 aromatic heterocycles. The Morgan fingerprint density at radius 3 is 1.47 bits per heavy atom. The van der Waals surface area contributed by atoms with Crippen LogP contribution in [0.1, 0.15) is 0 Å². The Morgan fingerprint density at radius 2 is 0.758 bits per heavy atom. The van der Waals surface area contributed by atoms with Crippen LogP contribution in [0.3, 0.4) is 0 Å². The van der Waals surface area contributed by atoms with E-state index in [4.69, 9.17) is 0 Å². The Hall–Kier alpha value is -8.20. The van der Waals surface area contributed by atoms with E-state index in [1.807, 2.05) is 0 Å². The van der Waals surface area contributed by atoms with Gasteiger partial charge in [-0.2, -0.15) is 0 Å². The summed E-state index contributed by atoms with van der Waals surface area (Å²) in [5.74, 6) is 0. The van der Waals surface area contributed by atoms with Gasteiger partial charge in [-0.15, -0.1) is 0 Å². The Balaban J connectivity index is 1.00. The fourth-order valence-electron chi connectivity index (χ4n) is 9.78. The summed E-state index contributed by atoms with van der Waals surface area (Å²) in [5.41, 5.74) is 14.2. The zero-order valence-corrected chi connectivity index (χ0v) is 34.0. The van der Waals surface area contributed by atoms with E-state index in [9.17, 15) is 0 Å². The minimum Gasteiger partial charge on any atom is -0.310 e. The molecule has 1 heterocycles. The molecule has 2 nitrogen and oxygen atoms in total. The lowest BCUT2D eigenvalue weighted by molar-refractivity contribution is 1.20. The second-order valence-corrected chi connectivity index (χ2v) is 16.1. The number of anilines is 3. The van der Waals surface area contributed by atoms with Gasteiger partial charge in [0.15, 0.2) is 0 Å². The summed E-state index contributed by atoms with van der Waals surface area (Å²) >= 11 is 0. The van der Waals surface area contributed by atoms with Gasteiger partial charge in [-0.1, -0.05) is 182 Å². The molecule has 11 aromatic carbocycles. The molecule has 62 heavy (non-hydrogen) atoms. The Kier molecular flexibility index (Phi) is 8.53. The minimum atomic E-state index is 1.10. The van der Waals surface area contributed by atoms with Crippen LogP contribution in [0, 0.1) is 0 Å². The number of hydrogen-bond acceptors (Lipinski definition) is 1. The Morgan fingerprint density at radius 1 is 0.258 bits per heavy atom. The summed E-state index contributed by atoms with van der Waals surface area (Å²) < 4.78 is 2.43. The molecule has 0 saturated carbocycles. The number of fused-ring (bicyclic) bond motifs is 6. The van der Waals surface area contributed by atoms with Gasteiger partial charge in [0.1, 0.15) is 0 Å². The van der Waals surface area contributed by atoms with Gasteiger partial charge in [0.2, 0.25) is 0 Å². The third-order valence-corrected chi connectivity index (χ3v) is 12.5. The Bertz CT molecular complexity index is 3600. The van der Waals surface area contributed by atoms with Crippen molar-refractivity contribution in [2.24, 2.45) is 0 Å². The molecule has 0 N–H and O–H groups in total. The van der Waals surface area contributed by atoms with Gasteiger partial charge in [-0.05, 0) is 121 Å². The number of para-hydroxylation sites is 2. The van der Waals surface area contributed by atoms with Crippen LogP contribution in [-0.2, 0) is 0 Å². The van der Waals surface area contributed by atoms with Gasteiger partial charge in [0.25, 0.3) is 0 Å². The van der Waals surface area contributed by atoms with Crippen LogP contribution in [-0.4, -0.2) is 4.57 Å². The maximum absolute atomic E-state index is 2.43. The van der Waals surface area contributed by atoms with Crippen LogP contribution in [0.2, 0.25) is 0 Å². The molecule has 0 spiro atoms. The van der Waals surface area contributed by atoms with Crippen LogP contribution >= 0.6 is 0 Å². The van der Waals surface area contributed by atoms with E-state index >= 15 is 0 Å². The first-order valence-corrected chi connectivity index (χ1v) is 21.3. The summed E-state index contributed by atoms with van der Waals surface area (Å²) in [7, 11) is 0. The standard InChI is InChI=1S/C60H40N2/c1-4-18-43(19-5-1)59-51-27-12-13-28-52(51)60(44-20-6-2-7-21-44)55-39-45(33-37-53(55)59)41-31-34-47(35-32-41)61(46-23-8-3-9-24-46)48-36-38-58-54(40-48)50-26-14-15-29-57(50)62(58)56-30-16-22-42-17-10-11-25-49(42)56/h1-40H. The molecule has 0 bridgehead atoms. The van der Waals surface area contributed by atoms with Crippen molar-refractivity contribution in [2.75, 3.05) is 4.90 Å². The normalized spacial score (nSPS) is 11.5. The molecular formula is C60H40N2. The largest absolute Gasteiger partial charge is 0.310 e. The number of rotatable bonds is 7. The first-order valence-electron chi connectivity index (χ1n) is 21.3. The fraction of sp³-hybridized carbons (Fsp3) is 0. The number of aromatic nitrogens is 1. The Labute approximate surface area is 360 Å². The highest BCUT2D eigenvalue weighted by atomic mass is 15.1.